The SMILES string of the molecule is CC(C)c1ccc2c(c1)CC[C@H]1[C@@](C)(OC=O)CCC[C@]21C. The van der Waals surface area contributed by atoms with Crippen LogP contribution in [0.1, 0.15) is 76.0 Å². The van der Waals surface area contributed by atoms with Crippen LogP contribution in [0.2, 0.25) is 0 Å². The van der Waals surface area contributed by atoms with Crippen LogP contribution in [0.15, 0.2) is 18.2 Å². The number of ether oxygens (including phenoxy) is 1. The van der Waals surface area contributed by atoms with Crippen LogP contribution in [-0.2, 0) is 21.4 Å². The molecule has 2 nitrogen and oxygen atoms in total. The van der Waals surface area contributed by atoms with Gasteiger partial charge in [0.05, 0.1) is 0 Å². The number of benzene rings is 1. The van der Waals surface area contributed by atoms with Crippen molar-refractivity contribution < 1.29 is 9.53 Å². The molecule has 1 fully saturated rings. The zero-order chi connectivity index (χ0) is 16.0. The van der Waals surface area contributed by atoms with Crippen molar-refractivity contribution in [3.05, 3.63) is 34.9 Å². The number of carbonyl (C=O) groups is 1. The van der Waals surface area contributed by atoms with E-state index in [1.807, 2.05) is 0 Å². The van der Waals surface area contributed by atoms with Crippen LogP contribution in [0.25, 0.3) is 0 Å². The number of hydrogen-bond donors (Lipinski definition) is 0. The highest BCUT2D eigenvalue weighted by atomic mass is 16.5. The van der Waals surface area contributed by atoms with E-state index in [0.29, 0.717) is 18.3 Å². The summed E-state index contributed by atoms with van der Waals surface area (Å²) < 4.78 is 5.60. The van der Waals surface area contributed by atoms with Crippen molar-refractivity contribution in [3.8, 4) is 0 Å². The van der Waals surface area contributed by atoms with Crippen LogP contribution in [0.3, 0.4) is 0 Å². The zero-order valence-electron chi connectivity index (χ0n) is 14.3. The highest BCUT2D eigenvalue weighted by molar-refractivity contribution is 5.44. The second kappa shape index (κ2) is 5.40. The molecule has 0 aromatic heterocycles. The summed E-state index contributed by atoms with van der Waals surface area (Å²) in [6, 6.07) is 7.06. The summed E-state index contributed by atoms with van der Waals surface area (Å²) in [6.07, 6.45) is 5.54. The first-order valence-corrected chi connectivity index (χ1v) is 8.65. The van der Waals surface area contributed by atoms with Gasteiger partial charge in [-0.25, -0.2) is 0 Å². The molecule has 120 valence electrons. The quantitative estimate of drug-likeness (QED) is 0.753. The van der Waals surface area contributed by atoms with E-state index in [1.165, 1.54) is 23.1 Å². The molecule has 0 heterocycles. The van der Waals surface area contributed by atoms with E-state index in [0.717, 1.165) is 25.7 Å². The second-order valence-electron chi connectivity index (χ2n) is 7.96. The minimum atomic E-state index is -0.302. The maximum atomic E-state index is 11.0. The van der Waals surface area contributed by atoms with Gasteiger partial charge < -0.3 is 4.74 Å². The summed E-state index contributed by atoms with van der Waals surface area (Å²) in [5, 5.41) is 0. The fraction of sp³-hybridized carbons (Fsp3) is 0.650. The molecule has 1 aromatic rings. The highest BCUT2D eigenvalue weighted by Crippen LogP contribution is 2.54. The Morgan fingerprint density at radius 1 is 1.27 bits per heavy atom. The van der Waals surface area contributed by atoms with Gasteiger partial charge in [-0.05, 0) is 67.1 Å². The Balaban J connectivity index is 2.03. The average Bonchev–Trinajstić information content (AvgIpc) is 2.46. The lowest BCUT2D eigenvalue weighted by Crippen LogP contribution is -2.54. The van der Waals surface area contributed by atoms with Crippen LogP contribution in [0, 0.1) is 5.92 Å². The van der Waals surface area contributed by atoms with Crippen LogP contribution in [0.5, 0.6) is 0 Å². The van der Waals surface area contributed by atoms with E-state index in [4.69, 9.17) is 4.74 Å². The standard InChI is InChI=1S/C20H28O2/c1-14(2)15-6-8-17-16(12-15)7-9-18-19(17,3)10-5-11-20(18,4)22-13-21/h6,8,12-14,18H,5,7,9-11H2,1-4H3/t18-,19-,20+/m1/s1. The highest BCUT2D eigenvalue weighted by Gasteiger charge is 2.53. The van der Waals surface area contributed by atoms with Crippen molar-refractivity contribution in [1.29, 1.82) is 0 Å². The molecule has 0 saturated heterocycles. The Morgan fingerprint density at radius 2 is 2.05 bits per heavy atom. The minimum absolute atomic E-state index is 0.138. The average molecular weight is 300 g/mol. The van der Waals surface area contributed by atoms with Gasteiger partial charge in [-0.15, -0.1) is 0 Å². The molecule has 2 aliphatic carbocycles. The molecule has 0 aliphatic heterocycles. The molecule has 22 heavy (non-hydrogen) atoms. The smallest absolute Gasteiger partial charge is 0.293 e. The zero-order valence-corrected chi connectivity index (χ0v) is 14.3. The Hall–Kier alpha value is -1.31. The number of rotatable bonds is 3. The number of fused-ring (bicyclic) bond motifs is 3. The van der Waals surface area contributed by atoms with Crippen LogP contribution in [-0.4, -0.2) is 12.1 Å². The Labute approximate surface area is 134 Å². The van der Waals surface area contributed by atoms with Crippen molar-refractivity contribution >= 4 is 6.47 Å². The summed E-state index contributed by atoms with van der Waals surface area (Å²) in [6.45, 7) is 9.69. The van der Waals surface area contributed by atoms with Crippen LogP contribution < -0.4 is 0 Å². The monoisotopic (exact) mass is 300 g/mol. The van der Waals surface area contributed by atoms with Gasteiger partial charge in [-0.2, -0.15) is 0 Å². The summed E-state index contributed by atoms with van der Waals surface area (Å²) in [4.78, 5) is 11.0. The molecule has 2 aliphatic rings. The molecule has 0 N–H and O–H groups in total. The van der Waals surface area contributed by atoms with Crippen molar-refractivity contribution in [3.63, 3.8) is 0 Å². The lowest BCUT2D eigenvalue weighted by atomic mass is 9.53. The third-order valence-corrected chi connectivity index (χ3v) is 6.31. The maximum Gasteiger partial charge on any atom is 0.293 e. The van der Waals surface area contributed by atoms with E-state index >= 15 is 0 Å². The van der Waals surface area contributed by atoms with Crippen LogP contribution >= 0.6 is 0 Å². The molecule has 0 spiro atoms. The molecule has 0 unspecified atom stereocenters. The number of hydrogen-bond acceptors (Lipinski definition) is 2. The minimum Gasteiger partial charge on any atom is -0.461 e. The number of aryl methyl sites for hydroxylation is 1. The summed E-state index contributed by atoms with van der Waals surface area (Å²) in [7, 11) is 0. The van der Waals surface area contributed by atoms with Gasteiger partial charge in [0.2, 0.25) is 0 Å². The first-order chi connectivity index (χ1) is 10.4. The van der Waals surface area contributed by atoms with E-state index in [9.17, 15) is 4.79 Å². The number of carbonyl (C=O) groups excluding carboxylic acids is 1. The molecule has 0 bridgehead atoms. The fourth-order valence-electron chi connectivity index (χ4n) is 5.06. The molecule has 2 heteroatoms. The van der Waals surface area contributed by atoms with Crippen molar-refractivity contribution in [1.82, 2.24) is 0 Å². The van der Waals surface area contributed by atoms with Gasteiger partial charge in [0.15, 0.2) is 0 Å². The first kappa shape index (κ1) is 15.6. The Kier molecular flexibility index (Phi) is 3.82. The van der Waals surface area contributed by atoms with E-state index in [-0.39, 0.29) is 11.0 Å². The third-order valence-electron chi connectivity index (χ3n) is 6.31. The first-order valence-electron chi connectivity index (χ1n) is 8.65. The molecule has 3 atom stereocenters. The normalized spacial score (nSPS) is 34.0. The topological polar surface area (TPSA) is 26.3 Å². The van der Waals surface area contributed by atoms with Gasteiger partial charge in [0, 0.05) is 5.92 Å². The van der Waals surface area contributed by atoms with Gasteiger partial charge in [0.1, 0.15) is 5.60 Å². The summed E-state index contributed by atoms with van der Waals surface area (Å²) in [5.74, 6) is 1.00. The molecular formula is C20H28O2. The summed E-state index contributed by atoms with van der Waals surface area (Å²) >= 11 is 0. The van der Waals surface area contributed by atoms with Gasteiger partial charge in [-0.1, -0.05) is 39.0 Å². The fourth-order valence-corrected chi connectivity index (χ4v) is 5.06. The lowest BCUT2D eigenvalue weighted by molar-refractivity contribution is -0.158. The van der Waals surface area contributed by atoms with Gasteiger partial charge >= 0.3 is 0 Å². The predicted molar refractivity (Wildman–Crippen MR) is 89.1 cm³/mol. The van der Waals surface area contributed by atoms with Crippen molar-refractivity contribution in [2.75, 3.05) is 0 Å². The molecule has 0 radical (unpaired) electrons. The molecule has 1 aromatic carbocycles. The van der Waals surface area contributed by atoms with Crippen molar-refractivity contribution in [2.45, 2.75) is 76.7 Å². The maximum absolute atomic E-state index is 11.0. The molecular weight excluding hydrogens is 272 g/mol. The second-order valence-corrected chi connectivity index (χ2v) is 7.96. The largest absolute Gasteiger partial charge is 0.461 e. The van der Waals surface area contributed by atoms with E-state index in [2.05, 4.69) is 45.9 Å². The van der Waals surface area contributed by atoms with Crippen LogP contribution in [0.4, 0.5) is 0 Å². The predicted octanol–water partition coefficient (Wildman–Crippen LogP) is 4.75. The molecule has 0 amide bonds. The van der Waals surface area contributed by atoms with E-state index < -0.39 is 0 Å². The van der Waals surface area contributed by atoms with Gasteiger partial charge in [-0.3, -0.25) is 4.79 Å². The Bertz CT molecular complexity index is 577. The molecule has 3 rings (SSSR count). The summed E-state index contributed by atoms with van der Waals surface area (Å²) in [5.41, 5.74) is 4.28. The third kappa shape index (κ3) is 2.28. The van der Waals surface area contributed by atoms with E-state index in [1.54, 1.807) is 0 Å². The van der Waals surface area contributed by atoms with Crippen molar-refractivity contribution in [2.24, 2.45) is 5.92 Å². The lowest BCUT2D eigenvalue weighted by Gasteiger charge is -2.54. The molecule has 1 saturated carbocycles. The Morgan fingerprint density at radius 3 is 2.73 bits per heavy atom. The van der Waals surface area contributed by atoms with Gasteiger partial charge in [0.25, 0.3) is 6.47 Å².